The van der Waals surface area contributed by atoms with Gasteiger partial charge in [-0.2, -0.15) is 0 Å². The van der Waals surface area contributed by atoms with Crippen molar-refractivity contribution in [3.05, 3.63) is 63.9 Å². The SMILES string of the molecule is O=c1[nH]c(-c2ccccc2OC(F)(F)F)cc2cc(Cl)ccc12. The highest BCUT2D eigenvalue weighted by molar-refractivity contribution is 6.31. The summed E-state index contributed by atoms with van der Waals surface area (Å²) in [6, 6.07) is 11.8. The molecule has 0 aliphatic carbocycles. The van der Waals surface area contributed by atoms with Crippen molar-refractivity contribution in [2.75, 3.05) is 0 Å². The Morgan fingerprint density at radius 2 is 1.78 bits per heavy atom. The van der Waals surface area contributed by atoms with Gasteiger partial charge in [0.25, 0.3) is 5.56 Å². The average Bonchev–Trinajstić information content (AvgIpc) is 2.45. The van der Waals surface area contributed by atoms with Crippen LogP contribution in [0.15, 0.2) is 53.3 Å². The molecule has 0 unspecified atom stereocenters. The molecule has 0 spiro atoms. The molecule has 3 nitrogen and oxygen atoms in total. The lowest BCUT2D eigenvalue weighted by Gasteiger charge is -2.13. The van der Waals surface area contributed by atoms with Gasteiger partial charge in [-0.25, -0.2) is 0 Å². The zero-order chi connectivity index (χ0) is 16.6. The van der Waals surface area contributed by atoms with Crippen molar-refractivity contribution < 1.29 is 17.9 Å². The van der Waals surface area contributed by atoms with E-state index < -0.39 is 17.7 Å². The van der Waals surface area contributed by atoms with E-state index in [-0.39, 0.29) is 11.3 Å². The summed E-state index contributed by atoms with van der Waals surface area (Å²) in [6.07, 6.45) is -4.82. The normalized spacial score (nSPS) is 11.7. The molecule has 0 amide bonds. The number of alkyl halides is 3. The minimum atomic E-state index is -4.82. The van der Waals surface area contributed by atoms with E-state index in [1.54, 1.807) is 30.3 Å². The monoisotopic (exact) mass is 339 g/mol. The van der Waals surface area contributed by atoms with Gasteiger partial charge < -0.3 is 9.72 Å². The fourth-order valence-corrected chi connectivity index (χ4v) is 2.47. The zero-order valence-corrected chi connectivity index (χ0v) is 12.2. The second-order valence-electron chi connectivity index (χ2n) is 4.79. The lowest BCUT2D eigenvalue weighted by atomic mass is 10.1. The number of aromatic amines is 1. The lowest BCUT2D eigenvalue weighted by Crippen LogP contribution is -2.18. The second-order valence-corrected chi connectivity index (χ2v) is 5.22. The largest absolute Gasteiger partial charge is 0.573 e. The molecule has 0 saturated heterocycles. The maximum atomic E-state index is 12.5. The number of halogens is 4. The van der Waals surface area contributed by atoms with Crippen molar-refractivity contribution in [1.82, 2.24) is 4.98 Å². The maximum Gasteiger partial charge on any atom is 0.573 e. The highest BCUT2D eigenvalue weighted by Gasteiger charge is 2.32. The highest BCUT2D eigenvalue weighted by atomic mass is 35.5. The van der Waals surface area contributed by atoms with E-state index in [1.807, 2.05) is 0 Å². The van der Waals surface area contributed by atoms with Crippen LogP contribution in [-0.4, -0.2) is 11.3 Å². The molecule has 3 aromatic rings. The van der Waals surface area contributed by atoms with Crippen LogP contribution in [0.4, 0.5) is 13.2 Å². The Bertz CT molecular complexity index is 934. The van der Waals surface area contributed by atoms with Crippen molar-refractivity contribution in [2.24, 2.45) is 0 Å². The number of para-hydroxylation sites is 1. The van der Waals surface area contributed by atoms with Crippen LogP contribution < -0.4 is 10.3 Å². The molecule has 1 N–H and O–H groups in total. The summed E-state index contributed by atoms with van der Waals surface area (Å²) >= 11 is 5.90. The molecule has 0 bridgehead atoms. The van der Waals surface area contributed by atoms with Crippen molar-refractivity contribution in [2.45, 2.75) is 6.36 Å². The number of aromatic nitrogens is 1. The van der Waals surface area contributed by atoms with E-state index in [0.717, 1.165) is 0 Å². The summed E-state index contributed by atoms with van der Waals surface area (Å²) < 4.78 is 41.5. The molecule has 0 atom stereocenters. The number of rotatable bonds is 2. The van der Waals surface area contributed by atoms with Gasteiger partial charge in [0.2, 0.25) is 0 Å². The van der Waals surface area contributed by atoms with Crippen LogP contribution in [0.2, 0.25) is 5.02 Å². The van der Waals surface area contributed by atoms with Crippen molar-refractivity contribution in [1.29, 1.82) is 0 Å². The van der Waals surface area contributed by atoms with E-state index in [1.165, 1.54) is 18.2 Å². The van der Waals surface area contributed by atoms with Crippen molar-refractivity contribution in [3.63, 3.8) is 0 Å². The smallest absolute Gasteiger partial charge is 0.405 e. The van der Waals surface area contributed by atoms with Gasteiger partial charge in [-0.15, -0.1) is 13.2 Å². The third-order valence-electron chi connectivity index (χ3n) is 3.21. The molecule has 3 rings (SSSR count). The standard InChI is InChI=1S/C16H9ClF3NO2/c17-10-5-6-11-9(7-10)8-13(21-15(11)22)12-3-1-2-4-14(12)23-16(18,19)20/h1-8H,(H,21,22). The summed E-state index contributed by atoms with van der Waals surface area (Å²) in [5.41, 5.74) is -0.0793. The minimum absolute atomic E-state index is 0.129. The first-order chi connectivity index (χ1) is 10.8. The third kappa shape index (κ3) is 3.32. The number of fused-ring (bicyclic) bond motifs is 1. The molecule has 0 fully saturated rings. The molecule has 1 aromatic heterocycles. The van der Waals surface area contributed by atoms with Crippen molar-refractivity contribution in [3.8, 4) is 17.0 Å². The molecule has 0 radical (unpaired) electrons. The average molecular weight is 340 g/mol. The van der Waals surface area contributed by atoms with Gasteiger partial charge in [-0.1, -0.05) is 23.7 Å². The molecule has 1 heterocycles. The van der Waals surface area contributed by atoms with Gasteiger partial charge in [0.15, 0.2) is 0 Å². The first-order valence-corrected chi connectivity index (χ1v) is 6.89. The lowest BCUT2D eigenvalue weighted by molar-refractivity contribution is -0.274. The number of pyridine rings is 1. The number of ether oxygens (including phenoxy) is 1. The van der Waals surface area contributed by atoms with Crippen LogP contribution >= 0.6 is 11.6 Å². The Morgan fingerprint density at radius 3 is 2.52 bits per heavy atom. The van der Waals surface area contributed by atoms with E-state index >= 15 is 0 Å². The Hall–Kier alpha value is -2.47. The van der Waals surface area contributed by atoms with Crippen LogP contribution in [0.25, 0.3) is 22.0 Å². The molecule has 0 saturated carbocycles. The maximum absolute atomic E-state index is 12.5. The Balaban J connectivity index is 2.19. The zero-order valence-electron chi connectivity index (χ0n) is 11.4. The van der Waals surface area contributed by atoms with Crippen LogP contribution in [-0.2, 0) is 0 Å². The Labute approximate surface area is 133 Å². The van der Waals surface area contributed by atoms with Crippen LogP contribution in [0.5, 0.6) is 5.75 Å². The molecule has 0 aliphatic rings. The van der Waals surface area contributed by atoms with E-state index in [9.17, 15) is 18.0 Å². The summed E-state index contributed by atoms with van der Waals surface area (Å²) in [4.78, 5) is 14.7. The van der Waals surface area contributed by atoms with Gasteiger partial charge >= 0.3 is 6.36 Å². The molecule has 118 valence electrons. The van der Waals surface area contributed by atoms with E-state index in [0.29, 0.717) is 15.8 Å². The highest BCUT2D eigenvalue weighted by Crippen LogP contribution is 2.33. The predicted molar refractivity (Wildman–Crippen MR) is 81.7 cm³/mol. The van der Waals surface area contributed by atoms with Gasteiger partial charge in [0, 0.05) is 16.0 Å². The molecule has 23 heavy (non-hydrogen) atoms. The molecule has 7 heteroatoms. The first kappa shape index (κ1) is 15.4. The molecule has 0 aliphatic heterocycles. The van der Waals surface area contributed by atoms with Gasteiger partial charge in [-0.3, -0.25) is 4.79 Å². The Morgan fingerprint density at radius 1 is 1.04 bits per heavy atom. The van der Waals surface area contributed by atoms with Crippen LogP contribution in [0.1, 0.15) is 0 Å². The fraction of sp³-hybridized carbons (Fsp3) is 0.0625. The summed E-state index contributed by atoms with van der Waals surface area (Å²) in [6.45, 7) is 0. The molecule has 2 aromatic carbocycles. The fourth-order valence-electron chi connectivity index (χ4n) is 2.29. The minimum Gasteiger partial charge on any atom is -0.405 e. The third-order valence-corrected chi connectivity index (χ3v) is 3.44. The van der Waals surface area contributed by atoms with Gasteiger partial charge in [0.1, 0.15) is 5.75 Å². The number of H-pyrrole nitrogens is 1. The summed E-state index contributed by atoms with van der Waals surface area (Å²) in [5.74, 6) is -0.392. The predicted octanol–water partition coefficient (Wildman–Crippen LogP) is 4.75. The topological polar surface area (TPSA) is 42.1 Å². The quantitative estimate of drug-likeness (QED) is 0.732. The van der Waals surface area contributed by atoms with Crippen molar-refractivity contribution >= 4 is 22.4 Å². The number of hydrogen-bond acceptors (Lipinski definition) is 2. The Kier molecular flexibility index (Phi) is 3.77. The van der Waals surface area contributed by atoms with Crippen LogP contribution in [0, 0.1) is 0 Å². The summed E-state index contributed by atoms with van der Waals surface area (Å²) in [7, 11) is 0. The molecular formula is C16H9ClF3NO2. The van der Waals surface area contributed by atoms with Crippen LogP contribution in [0.3, 0.4) is 0 Å². The van der Waals surface area contributed by atoms with Gasteiger partial charge in [0.05, 0.1) is 5.69 Å². The van der Waals surface area contributed by atoms with E-state index in [4.69, 9.17) is 11.6 Å². The molecular weight excluding hydrogens is 331 g/mol. The first-order valence-electron chi connectivity index (χ1n) is 6.51. The number of nitrogens with one attached hydrogen (secondary N) is 1. The van der Waals surface area contributed by atoms with E-state index in [2.05, 4.69) is 9.72 Å². The second kappa shape index (κ2) is 5.62. The van der Waals surface area contributed by atoms with Gasteiger partial charge in [-0.05, 0) is 41.8 Å². The number of benzene rings is 2. The summed E-state index contributed by atoms with van der Waals surface area (Å²) in [5, 5.41) is 1.35. The number of hydrogen-bond donors (Lipinski definition) is 1.